The number of nitrogens with zero attached hydrogens (tertiary/aromatic N) is 5. The average Bonchev–Trinajstić information content (AvgIpc) is 3.20. The van der Waals surface area contributed by atoms with Crippen LogP contribution in [0.25, 0.3) is 32.2 Å². The number of benzene rings is 1. The Labute approximate surface area is 221 Å². The van der Waals surface area contributed by atoms with Crippen molar-refractivity contribution < 1.29 is 13.5 Å². The van der Waals surface area contributed by atoms with Crippen LogP contribution in [0.5, 0.6) is 0 Å². The molecule has 3 N–H and O–H groups in total. The van der Waals surface area contributed by atoms with Crippen molar-refractivity contribution in [3.63, 3.8) is 0 Å². The first-order chi connectivity index (χ1) is 18.3. The molecule has 3 aromatic heterocycles. The lowest BCUT2D eigenvalue weighted by Crippen LogP contribution is -2.41. The van der Waals surface area contributed by atoms with E-state index in [0.717, 1.165) is 49.0 Å². The number of fused-ring (bicyclic) bond motifs is 4. The van der Waals surface area contributed by atoms with Gasteiger partial charge in [0.15, 0.2) is 11.6 Å². The molecule has 1 aromatic carbocycles. The van der Waals surface area contributed by atoms with Crippen LogP contribution in [0.2, 0.25) is 0 Å². The minimum atomic E-state index is -0.603. The number of ether oxygens (including phenoxy) is 1. The quantitative estimate of drug-likeness (QED) is 0.390. The molecule has 1 aliphatic carbocycles. The number of pyridine rings is 1. The number of hydrogen-bond acceptors (Lipinski definition) is 9. The molecule has 2 aliphatic heterocycles. The summed E-state index contributed by atoms with van der Waals surface area (Å²) in [6.45, 7) is 6.31. The molecule has 1 saturated carbocycles. The summed E-state index contributed by atoms with van der Waals surface area (Å²) >= 11 is 0.959. The highest BCUT2D eigenvalue weighted by molar-refractivity contribution is 7.23. The topological polar surface area (TPSA) is 113 Å². The molecule has 1 saturated heterocycles. The fourth-order valence-corrected chi connectivity index (χ4v) is 7.03. The van der Waals surface area contributed by atoms with E-state index in [1.807, 2.05) is 6.07 Å². The zero-order chi connectivity index (χ0) is 26.3. The van der Waals surface area contributed by atoms with Crippen LogP contribution in [0, 0.1) is 28.4 Å². The minimum Gasteiger partial charge on any atom is -0.389 e. The van der Waals surface area contributed by atoms with Gasteiger partial charge >= 0.3 is 0 Å². The Morgan fingerprint density at radius 2 is 2.03 bits per heavy atom. The Morgan fingerprint density at radius 3 is 2.76 bits per heavy atom. The number of aromatic nitrogens is 3. The fraction of sp³-hybridized carbons (Fsp3) is 0.407. The SMILES string of the molecule is CC(C)NC1CN(c2ncc3c4c(c(-c5ncc(F)c6sc(N)c(C#N)c56)c(F)c3n2)COC4)CC12CC2. The lowest BCUT2D eigenvalue weighted by atomic mass is 9.94. The van der Waals surface area contributed by atoms with E-state index >= 15 is 4.39 Å². The van der Waals surface area contributed by atoms with Gasteiger partial charge in [0, 0.05) is 53.1 Å². The first-order valence-corrected chi connectivity index (χ1v) is 13.5. The van der Waals surface area contributed by atoms with Crippen molar-refractivity contribution in [2.24, 2.45) is 5.41 Å². The van der Waals surface area contributed by atoms with E-state index in [9.17, 15) is 9.65 Å². The zero-order valence-corrected chi connectivity index (χ0v) is 21.8. The first kappa shape index (κ1) is 23.6. The second kappa shape index (κ2) is 8.27. The van der Waals surface area contributed by atoms with Crippen LogP contribution in [0.15, 0.2) is 12.4 Å². The van der Waals surface area contributed by atoms with Gasteiger partial charge in [-0.25, -0.2) is 18.7 Å². The molecule has 1 atom stereocenters. The van der Waals surface area contributed by atoms with Gasteiger partial charge in [-0.3, -0.25) is 4.98 Å². The van der Waals surface area contributed by atoms with Crippen LogP contribution in [0.3, 0.4) is 0 Å². The summed E-state index contributed by atoms with van der Waals surface area (Å²) in [4.78, 5) is 15.8. The zero-order valence-electron chi connectivity index (χ0n) is 20.9. The van der Waals surface area contributed by atoms with Gasteiger partial charge in [0.2, 0.25) is 5.95 Å². The summed E-state index contributed by atoms with van der Waals surface area (Å²) in [5.74, 6) is -0.706. The van der Waals surface area contributed by atoms with Crippen LogP contribution >= 0.6 is 11.3 Å². The summed E-state index contributed by atoms with van der Waals surface area (Å²) in [5.41, 5.74) is 8.25. The Hall–Kier alpha value is -3.46. The molecule has 194 valence electrons. The first-order valence-electron chi connectivity index (χ1n) is 12.7. The predicted octanol–water partition coefficient (Wildman–Crippen LogP) is 4.64. The maximum absolute atomic E-state index is 16.5. The van der Waals surface area contributed by atoms with Gasteiger partial charge < -0.3 is 20.7 Å². The number of thiophene rings is 1. The summed E-state index contributed by atoms with van der Waals surface area (Å²) in [7, 11) is 0. The van der Waals surface area contributed by atoms with Crippen molar-refractivity contribution in [1.82, 2.24) is 20.3 Å². The number of halogens is 2. The molecule has 0 bridgehead atoms. The summed E-state index contributed by atoms with van der Waals surface area (Å²) in [6.07, 6.45) is 5.04. The van der Waals surface area contributed by atoms with Crippen molar-refractivity contribution in [2.75, 3.05) is 23.7 Å². The Balaban J connectivity index is 1.42. The molecule has 7 rings (SSSR count). The van der Waals surface area contributed by atoms with Crippen LogP contribution in [-0.2, 0) is 18.0 Å². The van der Waals surface area contributed by atoms with Crippen LogP contribution < -0.4 is 16.0 Å². The second-order valence-electron chi connectivity index (χ2n) is 10.8. The van der Waals surface area contributed by atoms with Gasteiger partial charge in [-0.05, 0) is 24.0 Å². The number of nitrogen functional groups attached to an aromatic ring is 1. The maximum Gasteiger partial charge on any atom is 0.226 e. The molecule has 8 nitrogen and oxygen atoms in total. The minimum absolute atomic E-state index is 0.0954. The molecule has 5 heterocycles. The predicted molar refractivity (Wildman–Crippen MR) is 142 cm³/mol. The number of hydrogen-bond donors (Lipinski definition) is 2. The van der Waals surface area contributed by atoms with Crippen molar-refractivity contribution in [1.29, 1.82) is 5.26 Å². The molecule has 0 amide bonds. The highest BCUT2D eigenvalue weighted by Gasteiger charge is 2.55. The number of anilines is 2. The van der Waals surface area contributed by atoms with Gasteiger partial charge in [0.25, 0.3) is 0 Å². The van der Waals surface area contributed by atoms with Crippen molar-refractivity contribution in [2.45, 2.75) is 52.0 Å². The van der Waals surface area contributed by atoms with E-state index < -0.39 is 11.6 Å². The Kier molecular flexibility index (Phi) is 5.14. The molecular weight excluding hydrogens is 508 g/mol. The normalized spacial score (nSPS) is 19.7. The Bertz CT molecular complexity index is 1690. The van der Waals surface area contributed by atoms with Gasteiger partial charge in [-0.1, -0.05) is 13.8 Å². The molecule has 0 radical (unpaired) electrons. The van der Waals surface area contributed by atoms with Crippen molar-refractivity contribution in [3.05, 3.63) is 40.7 Å². The lowest BCUT2D eigenvalue weighted by molar-refractivity contribution is 0.135. The summed E-state index contributed by atoms with van der Waals surface area (Å²) < 4.78 is 37.1. The third kappa shape index (κ3) is 3.33. The van der Waals surface area contributed by atoms with Crippen LogP contribution in [0.1, 0.15) is 43.4 Å². The van der Waals surface area contributed by atoms with E-state index in [1.54, 1.807) is 6.20 Å². The molecule has 3 aliphatic rings. The smallest absolute Gasteiger partial charge is 0.226 e. The van der Waals surface area contributed by atoms with Crippen molar-refractivity contribution >= 4 is 43.3 Å². The number of nitrogens with one attached hydrogen (secondary N) is 1. The average molecular weight is 534 g/mol. The van der Waals surface area contributed by atoms with Gasteiger partial charge in [-0.2, -0.15) is 5.26 Å². The second-order valence-corrected chi connectivity index (χ2v) is 11.9. The standard InChI is InChI=1S/C27H25F2N7OS/c1-12(2)34-18-8-36(11-27(18)3-4-27)26-33-6-14-15-9-37-10-16(15)19(21(29)22(14)35-26)23-20-13(5-30)25(31)38-24(20)17(28)7-32-23/h6-7,12,18,34H,3-4,8-11,31H2,1-2H3. The van der Waals surface area contributed by atoms with Crippen LogP contribution in [0.4, 0.5) is 19.7 Å². The number of nitrogens with two attached hydrogens (primary N) is 1. The molecule has 1 spiro atoms. The maximum atomic E-state index is 16.5. The number of nitriles is 1. The summed E-state index contributed by atoms with van der Waals surface area (Å²) in [5, 5.41) is 14.4. The largest absolute Gasteiger partial charge is 0.389 e. The van der Waals surface area contributed by atoms with Gasteiger partial charge in [0.1, 0.15) is 16.6 Å². The third-order valence-electron chi connectivity index (χ3n) is 8.09. The molecule has 11 heteroatoms. The van der Waals surface area contributed by atoms with E-state index in [0.29, 0.717) is 29.0 Å². The Morgan fingerprint density at radius 1 is 1.24 bits per heavy atom. The van der Waals surface area contributed by atoms with E-state index in [1.165, 1.54) is 0 Å². The van der Waals surface area contributed by atoms with E-state index in [2.05, 4.69) is 34.0 Å². The molecule has 38 heavy (non-hydrogen) atoms. The van der Waals surface area contributed by atoms with Gasteiger partial charge in [-0.15, -0.1) is 11.3 Å². The summed E-state index contributed by atoms with van der Waals surface area (Å²) in [6, 6.07) is 2.74. The van der Waals surface area contributed by atoms with Crippen LogP contribution in [-0.4, -0.2) is 40.1 Å². The van der Waals surface area contributed by atoms with E-state index in [4.69, 9.17) is 15.5 Å². The van der Waals surface area contributed by atoms with Gasteiger partial charge in [0.05, 0.1) is 35.4 Å². The lowest BCUT2D eigenvalue weighted by Gasteiger charge is -2.21. The molecular formula is C27H25F2N7OS. The molecule has 1 unspecified atom stereocenters. The highest BCUT2D eigenvalue weighted by Crippen LogP contribution is 2.53. The van der Waals surface area contributed by atoms with E-state index in [-0.39, 0.29) is 56.1 Å². The van der Waals surface area contributed by atoms with Crippen molar-refractivity contribution in [3.8, 4) is 17.3 Å². The highest BCUT2D eigenvalue weighted by atomic mass is 32.1. The monoisotopic (exact) mass is 533 g/mol. The number of rotatable bonds is 4. The third-order valence-corrected chi connectivity index (χ3v) is 9.12. The molecule has 4 aromatic rings. The fourth-order valence-electron chi connectivity index (χ4n) is 6.11. The molecule has 2 fully saturated rings.